The SMILES string of the molecule is CCNC(=O)NCCCCCCCCCCCCCCCC(=O)OC. The molecule has 0 saturated carbocycles. The number of methoxy groups -OCH3 is 1. The number of carbonyl (C=O) groups is 2. The first-order valence-corrected chi connectivity index (χ1v) is 10.3. The Hall–Kier alpha value is -1.26. The largest absolute Gasteiger partial charge is 0.469 e. The van der Waals surface area contributed by atoms with Crippen molar-refractivity contribution >= 4 is 12.0 Å². The van der Waals surface area contributed by atoms with Gasteiger partial charge in [0.15, 0.2) is 0 Å². The molecule has 148 valence electrons. The molecule has 2 N–H and O–H groups in total. The zero-order valence-electron chi connectivity index (χ0n) is 16.5. The summed E-state index contributed by atoms with van der Waals surface area (Å²) in [6.07, 6.45) is 16.8. The Morgan fingerprint density at radius 3 is 1.56 bits per heavy atom. The lowest BCUT2D eigenvalue weighted by atomic mass is 10.0. The van der Waals surface area contributed by atoms with Crippen molar-refractivity contribution in [2.45, 2.75) is 96.8 Å². The molecule has 0 aromatic rings. The summed E-state index contributed by atoms with van der Waals surface area (Å²) in [7, 11) is 1.45. The fourth-order valence-corrected chi connectivity index (χ4v) is 2.87. The number of unbranched alkanes of at least 4 members (excludes halogenated alkanes) is 12. The maximum Gasteiger partial charge on any atom is 0.314 e. The lowest BCUT2D eigenvalue weighted by molar-refractivity contribution is -0.140. The van der Waals surface area contributed by atoms with Gasteiger partial charge in [-0.15, -0.1) is 0 Å². The average molecular weight is 357 g/mol. The molecular weight excluding hydrogens is 316 g/mol. The van der Waals surface area contributed by atoms with E-state index in [1.54, 1.807) is 0 Å². The van der Waals surface area contributed by atoms with Crippen molar-refractivity contribution < 1.29 is 14.3 Å². The van der Waals surface area contributed by atoms with Gasteiger partial charge >= 0.3 is 12.0 Å². The minimum Gasteiger partial charge on any atom is -0.469 e. The summed E-state index contributed by atoms with van der Waals surface area (Å²) >= 11 is 0. The molecule has 0 aliphatic rings. The van der Waals surface area contributed by atoms with Crippen LogP contribution in [0.2, 0.25) is 0 Å². The molecule has 5 heteroatoms. The molecule has 0 fully saturated rings. The number of hydrogen-bond acceptors (Lipinski definition) is 3. The second-order valence-electron chi connectivity index (χ2n) is 6.71. The summed E-state index contributed by atoms with van der Waals surface area (Å²) in [6.45, 7) is 3.39. The summed E-state index contributed by atoms with van der Waals surface area (Å²) in [5.41, 5.74) is 0. The zero-order chi connectivity index (χ0) is 18.6. The zero-order valence-corrected chi connectivity index (χ0v) is 16.5. The Kier molecular flexibility index (Phi) is 18.1. The third-order valence-corrected chi connectivity index (χ3v) is 4.41. The van der Waals surface area contributed by atoms with Gasteiger partial charge in [0.1, 0.15) is 0 Å². The molecular formula is C20H40N2O3. The number of carbonyl (C=O) groups excluding carboxylic acids is 2. The van der Waals surface area contributed by atoms with E-state index in [-0.39, 0.29) is 12.0 Å². The van der Waals surface area contributed by atoms with Gasteiger partial charge in [-0.1, -0.05) is 70.6 Å². The maximum absolute atomic E-state index is 11.2. The van der Waals surface area contributed by atoms with Gasteiger partial charge in [0.2, 0.25) is 0 Å². The van der Waals surface area contributed by atoms with Crippen LogP contribution in [0.5, 0.6) is 0 Å². The number of nitrogens with one attached hydrogen (secondary N) is 2. The smallest absolute Gasteiger partial charge is 0.314 e. The highest BCUT2D eigenvalue weighted by atomic mass is 16.5. The first kappa shape index (κ1) is 23.7. The number of ether oxygens (including phenoxy) is 1. The quantitative estimate of drug-likeness (QED) is 0.286. The Morgan fingerprint density at radius 1 is 0.680 bits per heavy atom. The van der Waals surface area contributed by atoms with E-state index in [1.807, 2.05) is 6.92 Å². The summed E-state index contributed by atoms with van der Waals surface area (Å²) in [6, 6.07) is -0.0500. The van der Waals surface area contributed by atoms with Gasteiger partial charge in [0, 0.05) is 19.5 Å². The molecule has 2 amide bonds. The molecule has 0 heterocycles. The standard InChI is InChI=1S/C20H40N2O3/c1-3-21-20(24)22-18-16-14-12-10-8-6-4-5-7-9-11-13-15-17-19(23)25-2/h3-18H2,1-2H3,(H2,21,22,24). The van der Waals surface area contributed by atoms with E-state index in [9.17, 15) is 9.59 Å². The van der Waals surface area contributed by atoms with E-state index >= 15 is 0 Å². The lowest BCUT2D eigenvalue weighted by Crippen LogP contribution is -2.35. The molecule has 5 nitrogen and oxygen atoms in total. The van der Waals surface area contributed by atoms with Crippen molar-refractivity contribution in [1.82, 2.24) is 10.6 Å². The minimum atomic E-state index is -0.0850. The first-order chi connectivity index (χ1) is 12.2. The van der Waals surface area contributed by atoms with Crippen LogP contribution in [-0.4, -0.2) is 32.2 Å². The fourth-order valence-electron chi connectivity index (χ4n) is 2.87. The number of amides is 2. The lowest BCUT2D eigenvalue weighted by Gasteiger charge is -2.05. The molecule has 25 heavy (non-hydrogen) atoms. The van der Waals surface area contributed by atoms with Gasteiger partial charge in [-0.05, 0) is 19.8 Å². The van der Waals surface area contributed by atoms with Crippen LogP contribution in [-0.2, 0) is 9.53 Å². The summed E-state index contributed by atoms with van der Waals surface area (Å²) in [4.78, 5) is 22.1. The van der Waals surface area contributed by atoms with Crippen LogP contribution < -0.4 is 10.6 Å². The predicted octanol–water partition coefficient (Wildman–Crippen LogP) is 4.94. The first-order valence-electron chi connectivity index (χ1n) is 10.3. The molecule has 0 bridgehead atoms. The van der Waals surface area contributed by atoms with Crippen molar-refractivity contribution in [3.05, 3.63) is 0 Å². The number of hydrogen-bond donors (Lipinski definition) is 2. The van der Waals surface area contributed by atoms with E-state index in [0.717, 1.165) is 25.8 Å². The van der Waals surface area contributed by atoms with Crippen molar-refractivity contribution in [3.8, 4) is 0 Å². The summed E-state index contributed by atoms with van der Waals surface area (Å²) in [5.74, 6) is -0.0850. The van der Waals surface area contributed by atoms with E-state index < -0.39 is 0 Å². The Balaban J connectivity index is 3.07. The number of rotatable bonds is 17. The average Bonchev–Trinajstić information content (AvgIpc) is 2.61. The number of esters is 1. The van der Waals surface area contributed by atoms with Gasteiger partial charge in [0.25, 0.3) is 0 Å². The summed E-state index contributed by atoms with van der Waals surface area (Å²) < 4.78 is 4.63. The van der Waals surface area contributed by atoms with Gasteiger partial charge in [-0.2, -0.15) is 0 Å². The third kappa shape index (κ3) is 18.9. The fraction of sp³-hybridized carbons (Fsp3) is 0.900. The van der Waals surface area contributed by atoms with Crippen molar-refractivity contribution in [2.75, 3.05) is 20.2 Å². The molecule has 0 saturated heterocycles. The monoisotopic (exact) mass is 356 g/mol. The van der Waals surface area contributed by atoms with Crippen molar-refractivity contribution in [3.63, 3.8) is 0 Å². The van der Waals surface area contributed by atoms with Crippen molar-refractivity contribution in [2.24, 2.45) is 0 Å². The molecule has 0 spiro atoms. The second-order valence-corrected chi connectivity index (χ2v) is 6.71. The van der Waals surface area contributed by atoms with Gasteiger partial charge in [-0.3, -0.25) is 4.79 Å². The number of urea groups is 1. The van der Waals surface area contributed by atoms with Crippen LogP contribution in [0.4, 0.5) is 4.79 Å². The molecule has 0 radical (unpaired) electrons. The Bertz CT molecular complexity index is 322. The van der Waals surface area contributed by atoms with Crippen LogP contribution >= 0.6 is 0 Å². The highest BCUT2D eigenvalue weighted by molar-refractivity contribution is 5.73. The molecule has 0 atom stereocenters. The molecule has 0 aliphatic heterocycles. The van der Waals surface area contributed by atoms with Crippen LogP contribution in [0, 0.1) is 0 Å². The van der Waals surface area contributed by atoms with Crippen LogP contribution in [0.25, 0.3) is 0 Å². The maximum atomic E-state index is 11.2. The molecule has 0 aromatic heterocycles. The topological polar surface area (TPSA) is 67.4 Å². The molecule has 0 aliphatic carbocycles. The van der Waals surface area contributed by atoms with E-state index in [2.05, 4.69) is 15.4 Å². The van der Waals surface area contributed by atoms with E-state index in [4.69, 9.17) is 0 Å². The van der Waals surface area contributed by atoms with Crippen molar-refractivity contribution in [1.29, 1.82) is 0 Å². The minimum absolute atomic E-state index is 0.0500. The van der Waals surface area contributed by atoms with Crippen LogP contribution in [0.15, 0.2) is 0 Å². The summed E-state index contributed by atoms with van der Waals surface area (Å²) in [5, 5.41) is 5.60. The molecule has 0 aromatic carbocycles. The van der Waals surface area contributed by atoms with Gasteiger partial charge in [0.05, 0.1) is 7.11 Å². The van der Waals surface area contributed by atoms with E-state index in [0.29, 0.717) is 13.0 Å². The highest BCUT2D eigenvalue weighted by Gasteiger charge is 1.99. The van der Waals surface area contributed by atoms with Crippen LogP contribution in [0.3, 0.4) is 0 Å². The van der Waals surface area contributed by atoms with E-state index in [1.165, 1.54) is 71.3 Å². The Morgan fingerprint density at radius 2 is 1.12 bits per heavy atom. The molecule has 0 unspecified atom stereocenters. The normalized spacial score (nSPS) is 10.5. The second kappa shape index (κ2) is 19.1. The third-order valence-electron chi connectivity index (χ3n) is 4.41. The van der Waals surface area contributed by atoms with Gasteiger partial charge in [-0.25, -0.2) is 4.79 Å². The predicted molar refractivity (Wildman–Crippen MR) is 104 cm³/mol. The molecule has 0 rings (SSSR count). The van der Waals surface area contributed by atoms with Crippen LogP contribution in [0.1, 0.15) is 96.8 Å². The highest BCUT2D eigenvalue weighted by Crippen LogP contribution is 2.13. The van der Waals surface area contributed by atoms with Gasteiger partial charge < -0.3 is 15.4 Å². The Labute approximate surface area is 154 Å².